The van der Waals surface area contributed by atoms with Crippen molar-refractivity contribution in [1.82, 2.24) is 9.97 Å². The topological polar surface area (TPSA) is 84.2 Å². The lowest BCUT2D eigenvalue weighted by Crippen LogP contribution is -2.10. The summed E-state index contributed by atoms with van der Waals surface area (Å²) in [6.07, 6.45) is 1.27. The minimum Gasteiger partial charge on any atom is -0.435 e. The molecule has 0 bridgehead atoms. The number of nitrogens with one attached hydrogen (secondary N) is 1. The Bertz CT molecular complexity index is 654. The summed E-state index contributed by atoms with van der Waals surface area (Å²) in [7, 11) is 3.83. The van der Waals surface area contributed by atoms with E-state index in [2.05, 4.69) is 25.9 Å². The van der Waals surface area contributed by atoms with Crippen LogP contribution in [0, 0.1) is 0 Å². The number of nitrogen functional groups attached to an aromatic ring is 1. The smallest absolute Gasteiger partial charge is 0.268 e. The summed E-state index contributed by atoms with van der Waals surface area (Å²) in [5.74, 6) is 0.622. The van der Waals surface area contributed by atoms with Gasteiger partial charge in [0, 0.05) is 25.8 Å². The lowest BCUT2D eigenvalue weighted by molar-refractivity contribution is 0.459. The molecule has 0 saturated heterocycles. The lowest BCUT2D eigenvalue weighted by atomic mass is 10.2. The Morgan fingerprint density at radius 3 is 2.84 bits per heavy atom. The molecule has 0 radical (unpaired) electrons. The number of halogens is 1. The fourth-order valence-electron chi connectivity index (χ4n) is 1.43. The largest absolute Gasteiger partial charge is 0.435 e. The Morgan fingerprint density at radius 1 is 1.42 bits per heavy atom. The normalized spacial score (nSPS) is 10.3. The summed E-state index contributed by atoms with van der Waals surface area (Å²) in [6.45, 7) is 0. The zero-order valence-electron chi connectivity index (χ0n) is 10.5. The van der Waals surface area contributed by atoms with Gasteiger partial charge in [0.2, 0.25) is 5.88 Å². The van der Waals surface area contributed by atoms with Gasteiger partial charge in [-0.1, -0.05) is 0 Å². The molecule has 0 unspecified atom stereocenters. The molecule has 100 valence electrons. The van der Waals surface area contributed by atoms with Crippen molar-refractivity contribution in [2.75, 3.05) is 24.7 Å². The summed E-state index contributed by atoms with van der Waals surface area (Å²) >= 11 is 3.13. The molecule has 0 amide bonds. The van der Waals surface area contributed by atoms with Crippen LogP contribution in [0.25, 0.3) is 0 Å². The predicted octanol–water partition coefficient (Wildman–Crippen LogP) is 1.97. The van der Waals surface area contributed by atoms with Gasteiger partial charge in [0.15, 0.2) is 5.75 Å². The number of aromatic nitrogens is 2. The molecule has 0 aliphatic carbocycles. The third kappa shape index (κ3) is 2.87. The summed E-state index contributed by atoms with van der Waals surface area (Å²) < 4.78 is 5.81. The fourth-order valence-corrected chi connectivity index (χ4v) is 1.73. The monoisotopic (exact) mass is 324 g/mol. The van der Waals surface area contributed by atoms with Gasteiger partial charge in [0.05, 0.1) is 12.0 Å². The third-order valence-corrected chi connectivity index (χ3v) is 3.18. The second-order valence-corrected chi connectivity index (χ2v) is 4.86. The van der Waals surface area contributed by atoms with Crippen LogP contribution in [0.2, 0.25) is 0 Å². The molecule has 0 aliphatic heterocycles. The molecule has 0 saturated carbocycles. The van der Waals surface area contributed by atoms with Gasteiger partial charge in [-0.15, -0.1) is 0 Å². The Balaban J connectivity index is 2.40. The van der Waals surface area contributed by atoms with Gasteiger partial charge in [-0.2, -0.15) is 0 Å². The number of nitrogens with zero attached hydrogens (tertiary/aromatic N) is 2. The number of ether oxygens (including phenoxy) is 1. The average molecular weight is 325 g/mol. The predicted molar refractivity (Wildman–Crippen MR) is 77.8 cm³/mol. The highest BCUT2D eigenvalue weighted by molar-refractivity contribution is 9.10. The van der Waals surface area contributed by atoms with E-state index in [4.69, 9.17) is 10.5 Å². The zero-order chi connectivity index (χ0) is 14.0. The van der Waals surface area contributed by atoms with Crippen molar-refractivity contribution >= 4 is 27.3 Å². The Hall–Kier alpha value is -2.02. The van der Waals surface area contributed by atoms with Gasteiger partial charge in [-0.05, 0) is 28.1 Å². The average Bonchev–Trinajstić information content (AvgIpc) is 2.37. The first-order valence-corrected chi connectivity index (χ1v) is 6.26. The highest BCUT2D eigenvalue weighted by Gasteiger charge is 2.11. The number of nitrogens with two attached hydrogens (primary N) is 1. The van der Waals surface area contributed by atoms with Crippen LogP contribution in [-0.2, 0) is 0 Å². The van der Waals surface area contributed by atoms with Crippen LogP contribution in [0.5, 0.6) is 11.6 Å². The molecule has 0 atom stereocenters. The Labute approximate surface area is 118 Å². The zero-order valence-corrected chi connectivity index (χ0v) is 12.1. The maximum Gasteiger partial charge on any atom is 0.268 e. The first-order chi connectivity index (χ1) is 8.99. The van der Waals surface area contributed by atoms with Crippen molar-refractivity contribution in [3.05, 3.63) is 39.4 Å². The van der Waals surface area contributed by atoms with Gasteiger partial charge in [0.1, 0.15) is 4.47 Å². The molecule has 2 aromatic rings. The molecule has 7 heteroatoms. The molecule has 19 heavy (non-hydrogen) atoms. The van der Waals surface area contributed by atoms with E-state index in [1.165, 1.54) is 6.33 Å². The van der Waals surface area contributed by atoms with E-state index >= 15 is 0 Å². The van der Waals surface area contributed by atoms with E-state index in [1.54, 1.807) is 12.1 Å². The van der Waals surface area contributed by atoms with Crippen molar-refractivity contribution in [1.29, 1.82) is 0 Å². The molecule has 0 spiro atoms. The number of aromatic amines is 1. The minimum absolute atomic E-state index is 0.173. The number of hydrogen-bond acceptors (Lipinski definition) is 5. The van der Waals surface area contributed by atoms with E-state index in [0.29, 0.717) is 11.4 Å². The SMILES string of the molecule is CN(C)c1ccc(N)c(Oc2nc[nH]c(=O)c2Br)c1. The van der Waals surface area contributed by atoms with Crippen LogP contribution in [-0.4, -0.2) is 24.1 Å². The van der Waals surface area contributed by atoms with E-state index in [-0.39, 0.29) is 15.9 Å². The van der Waals surface area contributed by atoms with Crippen LogP contribution >= 0.6 is 15.9 Å². The maximum atomic E-state index is 11.4. The van der Waals surface area contributed by atoms with Gasteiger partial charge in [-0.3, -0.25) is 4.79 Å². The Kier molecular flexibility index (Phi) is 3.75. The van der Waals surface area contributed by atoms with Crippen LogP contribution in [0.4, 0.5) is 11.4 Å². The van der Waals surface area contributed by atoms with Gasteiger partial charge in [0.25, 0.3) is 5.56 Å². The van der Waals surface area contributed by atoms with Crippen molar-refractivity contribution in [3.63, 3.8) is 0 Å². The van der Waals surface area contributed by atoms with E-state index in [9.17, 15) is 4.79 Å². The van der Waals surface area contributed by atoms with Crippen molar-refractivity contribution in [3.8, 4) is 11.6 Å². The van der Waals surface area contributed by atoms with Crippen LogP contribution < -0.4 is 20.9 Å². The first-order valence-electron chi connectivity index (χ1n) is 5.47. The van der Waals surface area contributed by atoms with Crippen molar-refractivity contribution < 1.29 is 4.74 Å². The highest BCUT2D eigenvalue weighted by Crippen LogP contribution is 2.32. The first kappa shape index (κ1) is 13.4. The number of rotatable bonds is 3. The van der Waals surface area contributed by atoms with Gasteiger partial charge in [-0.25, -0.2) is 4.98 Å². The molecule has 1 heterocycles. The van der Waals surface area contributed by atoms with Crippen LogP contribution in [0.3, 0.4) is 0 Å². The summed E-state index contributed by atoms with van der Waals surface area (Å²) in [5, 5.41) is 0. The highest BCUT2D eigenvalue weighted by atomic mass is 79.9. The van der Waals surface area contributed by atoms with E-state index < -0.39 is 0 Å². The summed E-state index contributed by atoms with van der Waals surface area (Å²) in [5.41, 5.74) is 6.95. The van der Waals surface area contributed by atoms with Crippen LogP contribution in [0.15, 0.2) is 33.8 Å². The molecule has 2 rings (SSSR count). The molecule has 0 aliphatic rings. The summed E-state index contributed by atoms with van der Waals surface area (Å²) in [4.78, 5) is 19.7. The number of hydrogen-bond donors (Lipinski definition) is 2. The lowest BCUT2D eigenvalue weighted by Gasteiger charge is -2.15. The standard InChI is InChI=1S/C12H13BrN4O2/c1-17(2)7-3-4-8(14)9(5-7)19-12-10(13)11(18)15-6-16-12/h3-6H,14H2,1-2H3,(H,15,16,18). The maximum absolute atomic E-state index is 11.4. The number of anilines is 2. The minimum atomic E-state index is -0.313. The summed E-state index contributed by atoms with van der Waals surface area (Å²) in [6, 6.07) is 5.40. The van der Waals surface area contributed by atoms with E-state index in [0.717, 1.165) is 5.69 Å². The number of benzene rings is 1. The second kappa shape index (κ2) is 5.31. The fraction of sp³-hybridized carbons (Fsp3) is 0.167. The molecule has 0 fully saturated rings. The molecule has 6 nitrogen and oxygen atoms in total. The van der Waals surface area contributed by atoms with Gasteiger partial charge < -0.3 is 20.4 Å². The van der Waals surface area contributed by atoms with Crippen molar-refractivity contribution in [2.45, 2.75) is 0 Å². The molecule has 1 aromatic carbocycles. The number of H-pyrrole nitrogens is 1. The molecule has 3 N–H and O–H groups in total. The molecular weight excluding hydrogens is 312 g/mol. The molecular formula is C12H13BrN4O2. The Morgan fingerprint density at radius 2 is 2.16 bits per heavy atom. The van der Waals surface area contributed by atoms with Crippen LogP contribution in [0.1, 0.15) is 0 Å². The van der Waals surface area contributed by atoms with Gasteiger partial charge >= 0.3 is 0 Å². The quantitative estimate of drug-likeness (QED) is 0.843. The van der Waals surface area contributed by atoms with Crippen molar-refractivity contribution in [2.24, 2.45) is 0 Å². The third-order valence-electron chi connectivity index (χ3n) is 2.48. The van der Waals surface area contributed by atoms with E-state index in [1.807, 2.05) is 25.1 Å². The second-order valence-electron chi connectivity index (χ2n) is 4.07. The molecule has 1 aromatic heterocycles.